The molecule has 5 heteroatoms. The molecule has 2 rings (SSSR count). The van der Waals surface area contributed by atoms with Gasteiger partial charge >= 0.3 is 5.97 Å². The summed E-state index contributed by atoms with van der Waals surface area (Å²) in [5.74, 6) is 0.678. The monoisotopic (exact) mass is 238 g/mol. The average Bonchev–Trinajstić information content (AvgIpc) is 2.78. The van der Waals surface area contributed by atoms with Crippen LogP contribution in [0.4, 0.5) is 0 Å². The van der Waals surface area contributed by atoms with Gasteiger partial charge in [0.25, 0.3) is 0 Å². The lowest BCUT2D eigenvalue weighted by Gasteiger charge is -2.23. The van der Waals surface area contributed by atoms with Gasteiger partial charge in [-0.2, -0.15) is 0 Å². The molecule has 5 nitrogen and oxygen atoms in total. The van der Waals surface area contributed by atoms with Crippen molar-refractivity contribution in [3.8, 4) is 0 Å². The summed E-state index contributed by atoms with van der Waals surface area (Å²) in [4.78, 5) is 16.0. The van der Waals surface area contributed by atoms with Crippen molar-refractivity contribution >= 4 is 5.97 Å². The molecule has 0 N–H and O–H groups in total. The second kappa shape index (κ2) is 5.31. The van der Waals surface area contributed by atoms with Crippen LogP contribution in [-0.2, 0) is 27.2 Å². The van der Waals surface area contributed by atoms with E-state index in [2.05, 4.69) is 9.55 Å². The van der Waals surface area contributed by atoms with E-state index in [-0.39, 0.29) is 11.9 Å². The fourth-order valence-electron chi connectivity index (χ4n) is 2.34. The Kier molecular flexibility index (Phi) is 3.78. The van der Waals surface area contributed by atoms with Crippen LogP contribution in [0.3, 0.4) is 0 Å². The number of esters is 1. The van der Waals surface area contributed by atoms with Crippen molar-refractivity contribution in [2.24, 2.45) is 0 Å². The number of rotatable bonds is 4. The summed E-state index contributed by atoms with van der Waals surface area (Å²) in [6, 6.07) is 0. The second-order valence-corrected chi connectivity index (χ2v) is 4.21. The van der Waals surface area contributed by atoms with E-state index in [1.165, 1.54) is 7.11 Å². The number of imidazole rings is 1. The van der Waals surface area contributed by atoms with Crippen molar-refractivity contribution in [2.45, 2.75) is 31.7 Å². The summed E-state index contributed by atoms with van der Waals surface area (Å²) in [5.41, 5.74) is 0.981. The number of ether oxygens (including phenoxy) is 2. The number of aromatic nitrogens is 2. The lowest BCUT2D eigenvalue weighted by atomic mass is 9.96. The fraction of sp³-hybridized carbons (Fsp3) is 0.667. The molecular formula is C12H18N2O3. The zero-order valence-electron chi connectivity index (χ0n) is 10.3. The van der Waals surface area contributed by atoms with Gasteiger partial charge in [0, 0.05) is 26.3 Å². The molecule has 2 heterocycles. The normalized spacial score (nSPS) is 18.8. The highest BCUT2D eigenvalue weighted by molar-refractivity contribution is 5.77. The Morgan fingerprint density at radius 3 is 3.12 bits per heavy atom. The third kappa shape index (κ3) is 2.34. The summed E-state index contributed by atoms with van der Waals surface area (Å²) in [6.07, 6.45) is 4.42. The summed E-state index contributed by atoms with van der Waals surface area (Å²) in [6.45, 7) is 1.58. The highest BCUT2D eigenvalue weighted by Gasteiger charge is 2.29. The van der Waals surface area contributed by atoms with Crippen LogP contribution in [0.5, 0.6) is 0 Å². The quantitative estimate of drug-likeness (QED) is 0.738. The second-order valence-electron chi connectivity index (χ2n) is 4.21. The summed E-state index contributed by atoms with van der Waals surface area (Å²) in [5, 5.41) is 0. The van der Waals surface area contributed by atoms with E-state index >= 15 is 0 Å². The zero-order valence-corrected chi connectivity index (χ0v) is 10.3. The van der Waals surface area contributed by atoms with E-state index < -0.39 is 0 Å². The average molecular weight is 238 g/mol. The number of carbonyl (C=O) groups is 1. The van der Waals surface area contributed by atoms with Gasteiger partial charge in [-0.3, -0.25) is 4.79 Å². The van der Waals surface area contributed by atoms with Crippen molar-refractivity contribution in [2.75, 3.05) is 20.8 Å². The van der Waals surface area contributed by atoms with Gasteiger partial charge in [0.15, 0.2) is 0 Å². The molecule has 94 valence electrons. The molecule has 0 amide bonds. The molecule has 1 aliphatic rings. The summed E-state index contributed by atoms with van der Waals surface area (Å²) < 4.78 is 12.0. The van der Waals surface area contributed by atoms with Crippen LogP contribution < -0.4 is 0 Å². The molecule has 1 aromatic heterocycles. The number of methoxy groups -OCH3 is 2. The molecule has 1 atom stereocenters. The maximum Gasteiger partial charge on any atom is 0.314 e. The lowest BCUT2D eigenvalue weighted by Crippen LogP contribution is -2.24. The lowest BCUT2D eigenvalue weighted by molar-refractivity contribution is -0.143. The van der Waals surface area contributed by atoms with Crippen molar-refractivity contribution < 1.29 is 14.3 Å². The minimum Gasteiger partial charge on any atom is -0.469 e. The number of carbonyl (C=O) groups excluding carboxylic acids is 1. The molecule has 0 saturated carbocycles. The van der Waals surface area contributed by atoms with E-state index in [1.807, 2.05) is 0 Å². The van der Waals surface area contributed by atoms with Gasteiger partial charge in [-0.1, -0.05) is 0 Å². The van der Waals surface area contributed by atoms with Gasteiger partial charge in [0.2, 0.25) is 0 Å². The van der Waals surface area contributed by atoms with Crippen LogP contribution in [0, 0.1) is 0 Å². The van der Waals surface area contributed by atoms with Crippen molar-refractivity contribution in [3.05, 3.63) is 17.7 Å². The third-order valence-corrected chi connectivity index (χ3v) is 3.22. The van der Waals surface area contributed by atoms with Gasteiger partial charge in [0.1, 0.15) is 5.82 Å². The van der Waals surface area contributed by atoms with Gasteiger partial charge in [-0.25, -0.2) is 4.98 Å². The first-order valence-electron chi connectivity index (χ1n) is 5.89. The fourth-order valence-corrected chi connectivity index (χ4v) is 2.34. The number of nitrogens with zero attached hydrogens (tertiary/aromatic N) is 2. The maximum atomic E-state index is 11.7. The van der Waals surface area contributed by atoms with Crippen LogP contribution >= 0.6 is 0 Å². The molecule has 1 aliphatic heterocycles. The van der Waals surface area contributed by atoms with Gasteiger partial charge in [-0.05, 0) is 12.8 Å². The van der Waals surface area contributed by atoms with Crippen molar-refractivity contribution in [1.82, 2.24) is 9.55 Å². The SMILES string of the molecule is COCCc1ncc2n1CCCC2C(=O)OC. The highest BCUT2D eigenvalue weighted by Crippen LogP contribution is 2.29. The molecular weight excluding hydrogens is 220 g/mol. The molecule has 0 radical (unpaired) electrons. The Hall–Kier alpha value is -1.36. The molecule has 0 aromatic carbocycles. The Bertz CT molecular complexity index is 400. The van der Waals surface area contributed by atoms with Crippen LogP contribution in [0.25, 0.3) is 0 Å². The minimum absolute atomic E-state index is 0.155. The Morgan fingerprint density at radius 1 is 1.59 bits per heavy atom. The third-order valence-electron chi connectivity index (χ3n) is 3.22. The number of fused-ring (bicyclic) bond motifs is 1. The molecule has 0 spiro atoms. The van der Waals surface area contributed by atoms with Crippen LogP contribution in [0.2, 0.25) is 0 Å². The molecule has 1 aromatic rings. The molecule has 0 aliphatic carbocycles. The van der Waals surface area contributed by atoms with Crippen molar-refractivity contribution in [1.29, 1.82) is 0 Å². The zero-order chi connectivity index (χ0) is 12.3. The first kappa shape index (κ1) is 12.1. The Morgan fingerprint density at radius 2 is 2.41 bits per heavy atom. The van der Waals surface area contributed by atoms with Crippen LogP contribution in [-0.4, -0.2) is 36.3 Å². The summed E-state index contributed by atoms with van der Waals surface area (Å²) >= 11 is 0. The van der Waals surface area contributed by atoms with E-state index in [1.54, 1.807) is 13.3 Å². The Labute approximate surface area is 101 Å². The van der Waals surface area contributed by atoms with E-state index in [9.17, 15) is 4.79 Å². The smallest absolute Gasteiger partial charge is 0.314 e. The standard InChI is InChI=1S/C12H18N2O3/c1-16-7-5-11-13-8-10-9(12(15)17-2)4-3-6-14(10)11/h8-9H,3-7H2,1-2H3. The van der Waals surface area contributed by atoms with E-state index in [4.69, 9.17) is 9.47 Å². The first-order chi connectivity index (χ1) is 8.27. The molecule has 1 unspecified atom stereocenters. The Balaban J connectivity index is 2.22. The van der Waals surface area contributed by atoms with Crippen molar-refractivity contribution in [3.63, 3.8) is 0 Å². The van der Waals surface area contributed by atoms with Crippen LogP contribution in [0.1, 0.15) is 30.3 Å². The van der Waals surface area contributed by atoms with E-state index in [0.29, 0.717) is 6.61 Å². The van der Waals surface area contributed by atoms with Gasteiger partial charge in [-0.15, -0.1) is 0 Å². The number of hydrogen-bond acceptors (Lipinski definition) is 4. The summed E-state index contributed by atoms with van der Waals surface area (Å²) in [7, 11) is 3.11. The van der Waals surface area contributed by atoms with Crippen LogP contribution in [0.15, 0.2) is 6.20 Å². The number of hydrogen-bond donors (Lipinski definition) is 0. The predicted octanol–water partition coefficient (Wildman–Crippen LogP) is 1.12. The topological polar surface area (TPSA) is 53.4 Å². The highest BCUT2D eigenvalue weighted by atomic mass is 16.5. The molecule has 0 saturated heterocycles. The maximum absolute atomic E-state index is 11.7. The minimum atomic E-state index is -0.163. The molecule has 0 bridgehead atoms. The van der Waals surface area contributed by atoms with E-state index in [0.717, 1.165) is 37.3 Å². The molecule has 17 heavy (non-hydrogen) atoms. The van der Waals surface area contributed by atoms with Gasteiger partial charge < -0.3 is 14.0 Å². The first-order valence-corrected chi connectivity index (χ1v) is 5.89. The predicted molar refractivity (Wildman–Crippen MR) is 61.8 cm³/mol. The van der Waals surface area contributed by atoms with Gasteiger partial charge in [0.05, 0.1) is 25.3 Å². The molecule has 0 fully saturated rings. The largest absolute Gasteiger partial charge is 0.469 e.